The minimum absolute atomic E-state index is 0.0314. The highest BCUT2D eigenvalue weighted by molar-refractivity contribution is 5.76. The lowest BCUT2D eigenvalue weighted by molar-refractivity contribution is -0.119. The number of rotatable bonds is 6. The summed E-state index contributed by atoms with van der Waals surface area (Å²) in [5.41, 5.74) is 0. The van der Waals surface area contributed by atoms with Crippen LogP contribution < -0.4 is 5.32 Å². The lowest BCUT2D eigenvalue weighted by atomic mass is 9.96. The SMILES string of the molecule is CNC(CC(C)C)C(O)CC(C)=O. The third kappa shape index (κ3) is 5.77. The van der Waals surface area contributed by atoms with E-state index in [9.17, 15) is 9.90 Å². The number of nitrogens with one attached hydrogen (secondary N) is 1. The summed E-state index contributed by atoms with van der Waals surface area (Å²) in [6, 6.07) is 0.0314. The van der Waals surface area contributed by atoms with E-state index in [4.69, 9.17) is 0 Å². The minimum atomic E-state index is -0.551. The van der Waals surface area contributed by atoms with Crippen LogP contribution in [0.2, 0.25) is 0 Å². The van der Waals surface area contributed by atoms with Gasteiger partial charge < -0.3 is 10.4 Å². The van der Waals surface area contributed by atoms with Gasteiger partial charge in [-0.05, 0) is 26.3 Å². The molecule has 2 N–H and O–H groups in total. The molecule has 2 atom stereocenters. The average Bonchev–Trinajstić information content (AvgIpc) is 1.98. The molecule has 13 heavy (non-hydrogen) atoms. The topological polar surface area (TPSA) is 49.3 Å². The van der Waals surface area contributed by atoms with Crippen LogP contribution in [0.4, 0.5) is 0 Å². The number of ketones is 1. The number of aliphatic hydroxyl groups excluding tert-OH is 1. The van der Waals surface area contributed by atoms with Gasteiger partial charge in [0.05, 0.1) is 6.10 Å². The molecule has 3 nitrogen and oxygen atoms in total. The van der Waals surface area contributed by atoms with Crippen LogP contribution in [0.25, 0.3) is 0 Å². The summed E-state index contributed by atoms with van der Waals surface area (Å²) in [6.07, 6.45) is 0.591. The van der Waals surface area contributed by atoms with Crippen LogP contribution in [0, 0.1) is 5.92 Å². The molecule has 0 saturated heterocycles. The molecule has 2 unspecified atom stereocenters. The summed E-state index contributed by atoms with van der Waals surface area (Å²) < 4.78 is 0. The van der Waals surface area contributed by atoms with Crippen molar-refractivity contribution in [3.8, 4) is 0 Å². The summed E-state index contributed by atoms with van der Waals surface area (Å²) in [7, 11) is 1.82. The molecule has 78 valence electrons. The largest absolute Gasteiger partial charge is 0.391 e. The van der Waals surface area contributed by atoms with E-state index in [1.807, 2.05) is 7.05 Å². The van der Waals surface area contributed by atoms with Crippen LogP contribution in [0.5, 0.6) is 0 Å². The van der Waals surface area contributed by atoms with Gasteiger partial charge >= 0.3 is 0 Å². The van der Waals surface area contributed by atoms with Crippen LogP contribution in [0.3, 0.4) is 0 Å². The fourth-order valence-electron chi connectivity index (χ4n) is 1.41. The maximum Gasteiger partial charge on any atom is 0.132 e. The second-order valence-electron chi connectivity index (χ2n) is 4.00. The molecule has 0 rings (SSSR count). The lowest BCUT2D eigenvalue weighted by Crippen LogP contribution is -2.39. The number of aliphatic hydroxyl groups is 1. The van der Waals surface area contributed by atoms with Crippen molar-refractivity contribution >= 4 is 5.78 Å². The average molecular weight is 187 g/mol. The van der Waals surface area contributed by atoms with E-state index in [2.05, 4.69) is 19.2 Å². The zero-order valence-corrected chi connectivity index (χ0v) is 9.00. The van der Waals surface area contributed by atoms with E-state index in [0.29, 0.717) is 5.92 Å². The Morgan fingerprint density at radius 2 is 2.00 bits per heavy atom. The molecule has 0 aromatic rings. The van der Waals surface area contributed by atoms with Crippen molar-refractivity contribution in [2.45, 2.75) is 45.8 Å². The van der Waals surface area contributed by atoms with E-state index in [-0.39, 0.29) is 18.2 Å². The van der Waals surface area contributed by atoms with Crippen LogP contribution >= 0.6 is 0 Å². The second kappa shape index (κ2) is 6.11. The van der Waals surface area contributed by atoms with Gasteiger partial charge in [-0.25, -0.2) is 0 Å². The van der Waals surface area contributed by atoms with Crippen molar-refractivity contribution in [2.24, 2.45) is 5.92 Å². The molecule has 0 aliphatic heterocycles. The predicted octanol–water partition coefficient (Wildman–Crippen LogP) is 0.960. The molecule has 0 amide bonds. The molecular weight excluding hydrogens is 166 g/mol. The van der Waals surface area contributed by atoms with Gasteiger partial charge in [0.25, 0.3) is 0 Å². The zero-order valence-electron chi connectivity index (χ0n) is 9.00. The first-order valence-electron chi connectivity index (χ1n) is 4.82. The lowest BCUT2D eigenvalue weighted by Gasteiger charge is -2.23. The van der Waals surface area contributed by atoms with Gasteiger partial charge in [-0.15, -0.1) is 0 Å². The van der Waals surface area contributed by atoms with E-state index < -0.39 is 6.10 Å². The van der Waals surface area contributed by atoms with Crippen LogP contribution in [0.1, 0.15) is 33.6 Å². The number of Topliss-reactive ketones (excluding diaryl/α,β-unsaturated/α-hetero) is 1. The molecule has 0 heterocycles. The third-order valence-electron chi connectivity index (χ3n) is 2.06. The summed E-state index contributed by atoms with van der Waals surface area (Å²) in [5, 5.41) is 12.7. The van der Waals surface area contributed by atoms with Crippen LogP contribution in [-0.4, -0.2) is 30.1 Å². The van der Waals surface area contributed by atoms with E-state index in [1.165, 1.54) is 6.92 Å². The summed E-state index contributed by atoms with van der Waals surface area (Å²) in [6.45, 7) is 5.71. The van der Waals surface area contributed by atoms with Crippen LogP contribution in [0.15, 0.2) is 0 Å². The monoisotopic (exact) mass is 187 g/mol. The first kappa shape index (κ1) is 12.6. The maximum absolute atomic E-state index is 10.8. The van der Waals surface area contributed by atoms with Crippen molar-refractivity contribution in [1.29, 1.82) is 0 Å². The Bertz CT molecular complexity index is 157. The highest BCUT2D eigenvalue weighted by Gasteiger charge is 2.19. The number of carbonyl (C=O) groups excluding carboxylic acids is 1. The quantitative estimate of drug-likeness (QED) is 0.651. The molecule has 3 heteroatoms. The van der Waals surface area contributed by atoms with Crippen molar-refractivity contribution in [3.05, 3.63) is 0 Å². The molecule has 0 aromatic heterocycles. The van der Waals surface area contributed by atoms with Gasteiger partial charge in [-0.1, -0.05) is 13.8 Å². The van der Waals surface area contributed by atoms with E-state index in [0.717, 1.165) is 6.42 Å². The van der Waals surface area contributed by atoms with E-state index >= 15 is 0 Å². The van der Waals surface area contributed by atoms with Gasteiger partial charge in [0, 0.05) is 12.5 Å². The standard InChI is InChI=1S/C10H21NO2/c1-7(2)5-9(11-4)10(13)6-8(3)12/h7,9-11,13H,5-6H2,1-4H3. The van der Waals surface area contributed by atoms with Gasteiger partial charge in [0.1, 0.15) is 5.78 Å². The maximum atomic E-state index is 10.8. The Balaban J connectivity index is 3.98. The van der Waals surface area contributed by atoms with Gasteiger partial charge in [-0.2, -0.15) is 0 Å². The second-order valence-corrected chi connectivity index (χ2v) is 4.00. The number of carbonyl (C=O) groups is 1. The molecule has 0 bridgehead atoms. The summed E-state index contributed by atoms with van der Waals surface area (Å²) in [4.78, 5) is 10.8. The van der Waals surface area contributed by atoms with Crippen LogP contribution in [-0.2, 0) is 4.79 Å². The molecule has 0 aliphatic carbocycles. The Labute approximate surface area is 80.5 Å². The Hall–Kier alpha value is -0.410. The molecule has 0 radical (unpaired) electrons. The highest BCUT2D eigenvalue weighted by atomic mass is 16.3. The fourth-order valence-corrected chi connectivity index (χ4v) is 1.41. The summed E-state index contributed by atoms with van der Waals surface area (Å²) >= 11 is 0. The number of hydrogen-bond donors (Lipinski definition) is 2. The third-order valence-corrected chi connectivity index (χ3v) is 2.06. The first-order valence-corrected chi connectivity index (χ1v) is 4.82. The zero-order chi connectivity index (χ0) is 10.4. The fraction of sp³-hybridized carbons (Fsp3) is 0.900. The van der Waals surface area contributed by atoms with Crippen molar-refractivity contribution in [2.75, 3.05) is 7.05 Å². The molecular formula is C10H21NO2. The van der Waals surface area contributed by atoms with Crippen molar-refractivity contribution < 1.29 is 9.90 Å². The molecule has 0 fully saturated rings. The Morgan fingerprint density at radius 3 is 2.31 bits per heavy atom. The van der Waals surface area contributed by atoms with Gasteiger partial charge in [0.15, 0.2) is 0 Å². The van der Waals surface area contributed by atoms with E-state index in [1.54, 1.807) is 0 Å². The highest BCUT2D eigenvalue weighted by Crippen LogP contribution is 2.10. The molecule has 0 spiro atoms. The molecule has 0 aliphatic rings. The van der Waals surface area contributed by atoms with Crippen molar-refractivity contribution in [3.63, 3.8) is 0 Å². The number of hydrogen-bond acceptors (Lipinski definition) is 3. The smallest absolute Gasteiger partial charge is 0.132 e. The first-order chi connectivity index (χ1) is 5.97. The predicted molar refractivity (Wildman–Crippen MR) is 53.6 cm³/mol. The normalized spacial score (nSPS) is 15.8. The number of likely N-dealkylation sites (N-methyl/N-ethyl adjacent to an activating group) is 1. The molecule has 0 saturated carbocycles. The minimum Gasteiger partial charge on any atom is -0.391 e. The Morgan fingerprint density at radius 1 is 1.46 bits per heavy atom. The van der Waals surface area contributed by atoms with Crippen molar-refractivity contribution in [1.82, 2.24) is 5.32 Å². The van der Waals surface area contributed by atoms with Gasteiger partial charge in [0.2, 0.25) is 0 Å². The Kier molecular flexibility index (Phi) is 5.91. The van der Waals surface area contributed by atoms with Gasteiger partial charge in [-0.3, -0.25) is 4.79 Å². The molecule has 0 aromatic carbocycles. The summed E-state index contributed by atoms with van der Waals surface area (Å²) in [5.74, 6) is 0.565.